The van der Waals surface area contributed by atoms with Gasteiger partial charge in [-0.25, -0.2) is 0 Å². The van der Waals surface area contributed by atoms with Gasteiger partial charge in [-0.2, -0.15) is 11.8 Å². The van der Waals surface area contributed by atoms with Gasteiger partial charge in [0.25, 0.3) is 0 Å². The van der Waals surface area contributed by atoms with Crippen LogP contribution in [0.25, 0.3) is 0 Å². The van der Waals surface area contributed by atoms with E-state index in [9.17, 15) is 0 Å². The second-order valence-electron chi connectivity index (χ2n) is 2.94. The maximum atomic E-state index is 8.69. The summed E-state index contributed by atoms with van der Waals surface area (Å²) in [6, 6.07) is 10.2. The second kappa shape index (κ2) is 6.02. The molecule has 0 unspecified atom stereocenters. The minimum atomic E-state index is -0.0892. The van der Waals surface area contributed by atoms with E-state index < -0.39 is 0 Å². The Bertz CT molecular complexity index is 228. The van der Waals surface area contributed by atoms with Gasteiger partial charge in [0, 0.05) is 17.5 Å². The Hall–Kier alpha value is -0.510. The van der Waals surface area contributed by atoms with E-state index in [1.165, 1.54) is 5.56 Å². The first kappa shape index (κ1) is 10.6. The molecule has 3 N–H and O–H groups in total. The molecule has 0 fully saturated rings. The lowest BCUT2D eigenvalue weighted by atomic mass is 10.2. The molecule has 0 spiro atoms. The first-order valence-corrected chi connectivity index (χ1v) is 5.46. The SMILES string of the molecule is N[C@H](CO)CSCc1ccccc1. The third kappa shape index (κ3) is 4.31. The fourth-order valence-corrected chi connectivity index (χ4v) is 1.91. The van der Waals surface area contributed by atoms with Crippen LogP contribution in [0.15, 0.2) is 30.3 Å². The lowest BCUT2D eigenvalue weighted by Crippen LogP contribution is -2.26. The lowest BCUT2D eigenvalue weighted by molar-refractivity contribution is 0.275. The molecule has 1 aromatic rings. The van der Waals surface area contributed by atoms with Crippen molar-refractivity contribution in [3.63, 3.8) is 0 Å². The summed E-state index contributed by atoms with van der Waals surface area (Å²) in [5.41, 5.74) is 6.87. The molecule has 0 amide bonds. The topological polar surface area (TPSA) is 46.2 Å². The van der Waals surface area contributed by atoms with E-state index in [1.54, 1.807) is 11.8 Å². The predicted octanol–water partition coefficient (Wildman–Crippen LogP) is 1.24. The van der Waals surface area contributed by atoms with Gasteiger partial charge in [0.05, 0.1) is 6.61 Å². The zero-order valence-electron chi connectivity index (χ0n) is 7.52. The summed E-state index contributed by atoms with van der Waals surface area (Å²) < 4.78 is 0. The van der Waals surface area contributed by atoms with Crippen LogP contribution in [-0.4, -0.2) is 23.5 Å². The zero-order chi connectivity index (χ0) is 9.52. The molecule has 3 heteroatoms. The fourth-order valence-electron chi connectivity index (χ4n) is 0.955. The van der Waals surface area contributed by atoms with Crippen molar-refractivity contribution >= 4 is 11.8 Å². The van der Waals surface area contributed by atoms with Crippen LogP contribution in [0.4, 0.5) is 0 Å². The standard InChI is InChI=1S/C10H15NOS/c11-10(6-12)8-13-7-9-4-2-1-3-5-9/h1-5,10,12H,6-8,11H2/t10-/m1/s1. The minimum absolute atomic E-state index is 0.0712. The normalized spacial score (nSPS) is 12.8. The van der Waals surface area contributed by atoms with Gasteiger partial charge in [-0.15, -0.1) is 0 Å². The van der Waals surface area contributed by atoms with Gasteiger partial charge in [0.1, 0.15) is 0 Å². The Labute approximate surface area is 83.1 Å². The Kier molecular flexibility index (Phi) is 4.90. The molecule has 0 aliphatic rings. The van der Waals surface area contributed by atoms with Gasteiger partial charge < -0.3 is 10.8 Å². The molecule has 0 bridgehead atoms. The van der Waals surface area contributed by atoms with Gasteiger partial charge in [0.15, 0.2) is 0 Å². The summed E-state index contributed by atoms with van der Waals surface area (Å²) in [6.45, 7) is 0.0712. The monoisotopic (exact) mass is 197 g/mol. The number of aliphatic hydroxyl groups excluding tert-OH is 1. The molecule has 1 rings (SSSR count). The molecule has 0 heterocycles. The molecular weight excluding hydrogens is 182 g/mol. The Morgan fingerprint density at radius 1 is 1.31 bits per heavy atom. The summed E-state index contributed by atoms with van der Waals surface area (Å²) in [6.07, 6.45) is 0. The van der Waals surface area contributed by atoms with Crippen LogP contribution in [-0.2, 0) is 5.75 Å². The number of hydrogen-bond acceptors (Lipinski definition) is 3. The van der Waals surface area contributed by atoms with Gasteiger partial charge in [-0.3, -0.25) is 0 Å². The quantitative estimate of drug-likeness (QED) is 0.746. The second-order valence-corrected chi connectivity index (χ2v) is 3.97. The maximum Gasteiger partial charge on any atom is 0.0590 e. The molecule has 2 nitrogen and oxygen atoms in total. The molecule has 0 saturated heterocycles. The highest BCUT2D eigenvalue weighted by Crippen LogP contribution is 2.11. The highest BCUT2D eigenvalue weighted by atomic mass is 32.2. The third-order valence-corrected chi connectivity index (χ3v) is 2.88. The van der Waals surface area contributed by atoms with Crippen molar-refractivity contribution in [1.29, 1.82) is 0 Å². The first-order chi connectivity index (χ1) is 6.33. The van der Waals surface area contributed by atoms with Crippen molar-refractivity contribution < 1.29 is 5.11 Å². The number of nitrogens with two attached hydrogens (primary N) is 1. The van der Waals surface area contributed by atoms with Crippen LogP contribution in [0.5, 0.6) is 0 Å². The van der Waals surface area contributed by atoms with Crippen molar-refractivity contribution in [3.8, 4) is 0 Å². The van der Waals surface area contributed by atoms with Crippen LogP contribution in [0.3, 0.4) is 0 Å². The van der Waals surface area contributed by atoms with E-state index in [4.69, 9.17) is 10.8 Å². The van der Waals surface area contributed by atoms with Crippen molar-refractivity contribution in [2.24, 2.45) is 5.73 Å². The van der Waals surface area contributed by atoms with E-state index in [0.29, 0.717) is 0 Å². The van der Waals surface area contributed by atoms with E-state index >= 15 is 0 Å². The average molecular weight is 197 g/mol. The van der Waals surface area contributed by atoms with Crippen LogP contribution < -0.4 is 5.73 Å². The van der Waals surface area contributed by atoms with E-state index in [2.05, 4.69) is 12.1 Å². The molecule has 1 atom stereocenters. The largest absolute Gasteiger partial charge is 0.395 e. The van der Waals surface area contributed by atoms with Crippen LogP contribution in [0.1, 0.15) is 5.56 Å². The Morgan fingerprint density at radius 3 is 2.62 bits per heavy atom. The lowest BCUT2D eigenvalue weighted by Gasteiger charge is -2.06. The number of benzene rings is 1. The van der Waals surface area contributed by atoms with Crippen molar-refractivity contribution in [3.05, 3.63) is 35.9 Å². The summed E-state index contributed by atoms with van der Waals surface area (Å²) >= 11 is 1.75. The molecule has 0 radical (unpaired) electrons. The number of thioether (sulfide) groups is 1. The minimum Gasteiger partial charge on any atom is -0.395 e. The van der Waals surface area contributed by atoms with Gasteiger partial charge in [0.2, 0.25) is 0 Å². The summed E-state index contributed by atoms with van der Waals surface area (Å²) in [4.78, 5) is 0. The molecule has 1 aromatic carbocycles. The van der Waals surface area contributed by atoms with Crippen molar-refractivity contribution in [2.45, 2.75) is 11.8 Å². The fraction of sp³-hybridized carbons (Fsp3) is 0.400. The predicted molar refractivity (Wildman–Crippen MR) is 57.7 cm³/mol. The van der Waals surface area contributed by atoms with Crippen LogP contribution in [0, 0.1) is 0 Å². The highest BCUT2D eigenvalue weighted by molar-refractivity contribution is 7.98. The molecule has 0 aromatic heterocycles. The van der Waals surface area contributed by atoms with Crippen molar-refractivity contribution in [1.82, 2.24) is 0 Å². The molecule has 0 aliphatic heterocycles. The van der Waals surface area contributed by atoms with Gasteiger partial charge in [-0.05, 0) is 5.56 Å². The van der Waals surface area contributed by atoms with Crippen LogP contribution in [0.2, 0.25) is 0 Å². The summed E-state index contributed by atoms with van der Waals surface area (Å²) in [5.74, 6) is 1.78. The number of aliphatic hydroxyl groups is 1. The number of rotatable bonds is 5. The van der Waals surface area contributed by atoms with Gasteiger partial charge >= 0.3 is 0 Å². The van der Waals surface area contributed by atoms with Crippen molar-refractivity contribution in [2.75, 3.05) is 12.4 Å². The zero-order valence-corrected chi connectivity index (χ0v) is 8.33. The van der Waals surface area contributed by atoms with E-state index in [0.717, 1.165) is 11.5 Å². The third-order valence-electron chi connectivity index (χ3n) is 1.68. The van der Waals surface area contributed by atoms with E-state index in [1.807, 2.05) is 18.2 Å². The Morgan fingerprint density at radius 2 is 2.00 bits per heavy atom. The van der Waals surface area contributed by atoms with Crippen LogP contribution >= 0.6 is 11.8 Å². The Balaban J connectivity index is 2.20. The molecule has 13 heavy (non-hydrogen) atoms. The maximum absolute atomic E-state index is 8.69. The smallest absolute Gasteiger partial charge is 0.0590 e. The number of hydrogen-bond donors (Lipinski definition) is 2. The first-order valence-electron chi connectivity index (χ1n) is 4.31. The average Bonchev–Trinajstić information content (AvgIpc) is 2.19. The molecular formula is C10H15NOS. The summed E-state index contributed by atoms with van der Waals surface area (Å²) in [7, 11) is 0. The molecule has 72 valence electrons. The molecule has 0 aliphatic carbocycles. The van der Waals surface area contributed by atoms with E-state index in [-0.39, 0.29) is 12.6 Å². The molecule has 0 saturated carbocycles. The highest BCUT2D eigenvalue weighted by Gasteiger charge is 1.99. The van der Waals surface area contributed by atoms with Gasteiger partial charge in [-0.1, -0.05) is 30.3 Å². The summed E-state index contributed by atoms with van der Waals surface area (Å²) in [5, 5.41) is 8.69.